The van der Waals surface area contributed by atoms with E-state index in [-0.39, 0.29) is 0 Å². The second kappa shape index (κ2) is 4.00. The highest BCUT2D eigenvalue weighted by Gasteiger charge is 2.39. The summed E-state index contributed by atoms with van der Waals surface area (Å²) in [6.07, 6.45) is 5.67. The molecule has 1 saturated heterocycles. The Morgan fingerprint density at radius 2 is 1.54 bits per heavy atom. The van der Waals surface area contributed by atoms with Gasteiger partial charge in [-0.3, -0.25) is 0 Å². The van der Waals surface area contributed by atoms with Gasteiger partial charge in [0, 0.05) is 0 Å². The first-order chi connectivity index (χ1) is 6.02. The maximum absolute atomic E-state index is 2.41. The maximum atomic E-state index is 2.41. The second-order valence-electron chi connectivity index (χ2n) is 5.55. The summed E-state index contributed by atoms with van der Waals surface area (Å²) in [6, 6.07) is 0. The average molecular weight is 184 g/mol. The van der Waals surface area contributed by atoms with Crippen LogP contribution in [0.5, 0.6) is 0 Å². The van der Waals surface area contributed by atoms with Gasteiger partial charge in [0.05, 0.1) is 25.2 Å². The van der Waals surface area contributed by atoms with E-state index in [1.807, 2.05) is 0 Å². The molecule has 0 saturated carbocycles. The number of quaternary nitrogens is 1. The van der Waals surface area contributed by atoms with Crippen LogP contribution >= 0.6 is 0 Å². The number of piperidine rings is 1. The number of rotatable bonds is 2. The quantitative estimate of drug-likeness (QED) is 0.578. The fraction of sp³-hybridized carbons (Fsp3) is 1.00. The molecule has 1 aliphatic rings. The molecule has 78 valence electrons. The van der Waals surface area contributed by atoms with Gasteiger partial charge >= 0.3 is 0 Å². The SMILES string of the molecule is CCC[N+]1(C(C)(C)C)CCCCC1. The van der Waals surface area contributed by atoms with Crippen molar-refractivity contribution in [1.29, 1.82) is 0 Å². The van der Waals surface area contributed by atoms with Crippen LogP contribution in [-0.4, -0.2) is 29.7 Å². The molecule has 1 aliphatic heterocycles. The summed E-state index contributed by atoms with van der Waals surface area (Å²) in [7, 11) is 0. The average Bonchev–Trinajstić information content (AvgIpc) is 2.04. The van der Waals surface area contributed by atoms with Crippen molar-refractivity contribution in [2.24, 2.45) is 0 Å². The van der Waals surface area contributed by atoms with Gasteiger partial charge in [-0.25, -0.2) is 0 Å². The lowest BCUT2D eigenvalue weighted by molar-refractivity contribution is -0.974. The van der Waals surface area contributed by atoms with Crippen LogP contribution in [0.15, 0.2) is 0 Å². The van der Waals surface area contributed by atoms with E-state index in [2.05, 4.69) is 27.7 Å². The molecule has 0 atom stereocenters. The van der Waals surface area contributed by atoms with Crippen LogP contribution in [0.25, 0.3) is 0 Å². The molecule has 0 aromatic rings. The van der Waals surface area contributed by atoms with E-state index in [0.29, 0.717) is 5.54 Å². The molecule has 1 heterocycles. The molecule has 1 rings (SSSR count). The molecule has 0 aliphatic carbocycles. The normalized spacial score (nSPS) is 23.1. The summed E-state index contributed by atoms with van der Waals surface area (Å²) < 4.78 is 1.36. The Kier molecular flexibility index (Phi) is 3.39. The van der Waals surface area contributed by atoms with Gasteiger partial charge in [0.2, 0.25) is 0 Å². The van der Waals surface area contributed by atoms with Crippen molar-refractivity contribution in [3.63, 3.8) is 0 Å². The van der Waals surface area contributed by atoms with Crippen LogP contribution in [0.4, 0.5) is 0 Å². The number of hydrogen-bond acceptors (Lipinski definition) is 0. The standard InChI is InChI=1S/C12H26N/c1-5-9-13(12(2,3)4)10-7-6-8-11-13/h5-11H2,1-4H3/q+1. The summed E-state index contributed by atoms with van der Waals surface area (Å²) in [6.45, 7) is 13.8. The van der Waals surface area contributed by atoms with Crippen molar-refractivity contribution in [2.75, 3.05) is 19.6 Å². The third-order valence-corrected chi connectivity index (χ3v) is 3.75. The fourth-order valence-electron chi connectivity index (χ4n) is 2.78. The molecule has 0 aromatic heterocycles. The third-order valence-electron chi connectivity index (χ3n) is 3.75. The van der Waals surface area contributed by atoms with E-state index < -0.39 is 0 Å². The highest BCUT2D eigenvalue weighted by atomic mass is 15.4. The molecule has 0 radical (unpaired) electrons. The lowest BCUT2D eigenvalue weighted by Gasteiger charge is -2.51. The molecule has 1 fully saturated rings. The highest BCUT2D eigenvalue weighted by molar-refractivity contribution is 4.67. The Morgan fingerprint density at radius 3 is 1.92 bits per heavy atom. The first-order valence-electron chi connectivity index (χ1n) is 5.88. The van der Waals surface area contributed by atoms with Gasteiger partial charge in [-0.2, -0.15) is 0 Å². The van der Waals surface area contributed by atoms with E-state index in [1.165, 1.54) is 49.8 Å². The Labute approximate surface area is 83.7 Å². The summed E-state index contributed by atoms with van der Waals surface area (Å²) in [4.78, 5) is 0. The van der Waals surface area contributed by atoms with Crippen LogP contribution in [0.2, 0.25) is 0 Å². The minimum absolute atomic E-state index is 0.455. The molecule has 0 aromatic carbocycles. The van der Waals surface area contributed by atoms with Crippen molar-refractivity contribution in [3.05, 3.63) is 0 Å². The van der Waals surface area contributed by atoms with Crippen LogP contribution in [0, 0.1) is 0 Å². The molecule has 1 heteroatoms. The van der Waals surface area contributed by atoms with E-state index in [9.17, 15) is 0 Å². The summed E-state index contributed by atoms with van der Waals surface area (Å²) in [5.41, 5.74) is 0.455. The first-order valence-corrected chi connectivity index (χ1v) is 5.88. The van der Waals surface area contributed by atoms with Crippen LogP contribution in [0.3, 0.4) is 0 Å². The molecular formula is C12H26N+. The lowest BCUT2D eigenvalue weighted by atomic mass is 9.95. The number of nitrogens with zero attached hydrogens (tertiary/aromatic N) is 1. The van der Waals surface area contributed by atoms with Gasteiger partial charge in [0.25, 0.3) is 0 Å². The van der Waals surface area contributed by atoms with Gasteiger partial charge < -0.3 is 4.48 Å². The molecular weight excluding hydrogens is 158 g/mol. The van der Waals surface area contributed by atoms with E-state index >= 15 is 0 Å². The van der Waals surface area contributed by atoms with Gasteiger partial charge in [0.1, 0.15) is 0 Å². The van der Waals surface area contributed by atoms with Crippen molar-refractivity contribution in [2.45, 2.75) is 58.9 Å². The topological polar surface area (TPSA) is 0 Å². The van der Waals surface area contributed by atoms with Crippen LogP contribution in [0.1, 0.15) is 53.4 Å². The zero-order chi connectivity index (χ0) is 9.95. The van der Waals surface area contributed by atoms with E-state index in [1.54, 1.807) is 0 Å². The molecule has 0 spiro atoms. The lowest BCUT2D eigenvalue weighted by Crippen LogP contribution is -2.62. The number of hydrogen-bond donors (Lipinski definition) is 0. The Hall–Kier alpha value is -0.0400. The zero-order valence-corrected chi connectivity index (χ0v) is 9.90. The predicted octanol–water partition coefficient (Wildman–Crippen LogP) is 3.20. The molecule has 0 unspecified atom stereocenters. The Morgan fingerprint density at radius 1 is 1.00 bits per heavy atom. The van der Waals surface area contributed by atoms with Gasteiger partial charge in [-0.1, -0.05) is 6.92 Å². The van der Waals surface area contributed by atoms with Crippen LogP contribution in [-0.2, 0) is 0 Å². The van der Waals surface area contributed by atoms with Gasteiger partial charge in [0.15, 0.2) is 0 Å². The smallest absolute Gasteiger partial charge is 0.0907 e. The minimum atomic E-state index is 0.455. The van der Waals surface area contributed by atoms with E-state index in [4.69, 9.17) is 0 Å². The molecule has 13 heavy (non-hydrogen) atoms. The largest absolute Gasteiger partial charge is 0.319 e. The highest BCUT2D eigenvalue weighted by Crippen LogP contribution is 2.30. The maximum Gasteiger partial charge on any atom is 0.0907 e. The summed E-state index contributed by atoms with van der Waals surface area (Å²) in [5.74, 6) is 0. The molecule has 0 N–H and O–H groups in total. The molecule has 0 bridgehead atoms. The first kappa shape index (κ1) is 11.0. The summed E-state index contributed by atoms with van der Waals surface area (Å²) in [5, 5.41) is 0. The fourth-order valence-corrected chi connectivity index (χ4v) is 2.78. The number of likely N-dealkylation sites (tertiary alicyclic amines) is 1. The van der Waals surface area contributed by atoms with E-state index in [0.717, 1.165) is 0 Å². The second-order valence-corrected chi connectivity index (χ2v) is 5.55. The zero-order valence-electron chi connectivity index (χ0n) is 9.90. The van der Waals surface area contributed by atoms with Crippen molar-refractivity contribution in [3.8, 4) is 0 Å². The van der Waals surface area contributed by atoms with Crippen LogP contribution < -0.4 is 0 Å². The molecule has 0 amide bonds. The predicted molar refractivity (Wildman–Crippen MR) is 58.8 cm³/mol. The third kappa shape index (κ3) is 2.25. The Balaban J connectivity index is 2.73. The monoisotopic (exact) mass is 184 g/mol. The van der Waals surface area contributed by atoms with Gasteiger partial charge in [-0.05, 0) is 46.5 Å². The minimum Gasteiger partial charge on any atom is -0.319 e. The van der Waals surface area contributed by atoms with Crippen molar-refractivity contribution >= 4 is 0 Å². The Bertz CT molecular complexity index is 143. The molecule has 1 nitrogen and oxygen atoms in total. The van der Waals surface area contributed by atoms with Crippen molar-refractivity contribution in [1.82, 2.24) is 0 Å². The van der Waals surface area contributed by atoms with Gasteiger partial charge in [-0.15, -0.1) is 0 Å². The summed E-state index contributed by atoms with van der Waals surface area (Å²) >= 11 is 0. The van der Waals surface area contributed by atoms with Crippen molar-refractivity contribution < 1.29 is 4.48 Å².